The van der Waals surface area contributed by atoms with Crippen LogP contribution in [0.5, 0.6) is 11.5 Å². The molecule has 4 fully saturated rings. The third-order valence-corrected chi connectivity index (χ3v) is 6.61. The van der Waals surface area contributed by atoms with Crippen LogP contribution < -0.4 is 9.47 Å². The SMILES string of the molecule is COc1ccc(C=NCCC23CC4CC(CC(C4)C2)C3)c(OC)c1. The Morgan fingerprint density at radius 1 is 1.04 bits per heavy atom. The van der Waals surface area contributed by atoms with Gasteiger partial charge in [0.1, 0.15) is 11.5 Å². The maximum atomic E-state index is 5.45. The Bertz CT molecular complexity index is 587. The molecule has 0 unspecified atom stereocenters. The summed E-state index contributed by atoms with van der Waals surface area (Å²) in [5, 5.41) is 0. The lowest BCUT2D eigenvalue weighted by Crippen LogP contribution is -2.46. The molecule has 0 N–H and O–H groups in total. The first-order valence-electron chi connectivity index (χ1n) is 9.41. The number of nitrogens with zero attached hydrogens (tertiary/aromatic N) is 1. The summed E-state index contributed by atoms with van der Waals surface area (Å²) in [5.41, 5.74) is 1.65. The molecular formula is C21H29NO2. The van der Waals surface area contributed by atoms with E-state index in [1.165, 1.54) is 44.9 Å². The average Bonchev–Trinajstić information content (AvgIpc) is 2.57. The molecule has 3 heteroatoms. The summed E-state index contributed by atoms with van der Waals surface area (Å²) in [5.74, 6) is 4.73. The van der Waals surface area contributed by atoms with Crippen LogP contribution in [0, 0.1) is 23.2 Å². The minimum Gasteiger partial charge on any atom is -0.497 e. The second kappa shape index (κ2) is 6.42. The average molecular weight is 327 g/mol. The van der Waals surface area contributed by atoms with Gasteiger partial charge in [-0.1, -0.05) is 0 Å². The van der Waals surface area contributed by atoms with E-state index in [0.717, 1.165) is 41.4 Å². The van der Waals surface area contributed by atoms with Gasteiger partial charge in [-0.3, -0.25) is 4.99 Å². The fraction of sp³-hybridized carbons (Fsp3) is 0.667. The van der Waals surface area contributed by atoms with Crippen LogP contribution in [0.15, 0.2) is 23.2 Å². The van der Waals surface area contributed by atoms with E-state index < -0.39 is 0 Å². The molecule has 4 bridgehead atoms. The number of aliphatic imine (C=N–C) groups is 1. The van der Waals surface area contributed by atoms with Gasteiger partial charge in [0.05, 0.1) is 14.2 Å². The second-order valence-corrected chi connectivity index (χ2v) is 8.31. The first-order chi connectivity index (χ1) is 11.7. The molecule has 0 amide bonds. The van der Waals surface area contributed by atoms with Gasteiger partial charge in [0.2, 0.25) is 0 Å². The van der Waals surface area contributed by atoms with Crippen molar-refractivity contribution in [2.24, 2.45) is 28.2 Å². The molecule has 130 valence electrons. The van der Waals surface area contributed by atoms with E-state index in [0.29, 0.717) is 5.41 Å². The predicted octanol–water partition coefficient (Wildman–Crippen LogP) is 4.73. The zero-order valence-corrected chi connectivity index (χ0v) is 15.0. The number of methoxy groups -OCH3 is 2. The zero-order valence-electron chi connectivity index (χ0n) is 15.0. The molecule has 24 heavy (non-hydrogen) atoms. The predicted molar refractivity (Wildman–Crippen MR) is 97.2 cm³/mol. The molecule has 0 spiro atoms. The van der Waals surface area contributed by atoms with Gasteiger partial charge in [0, 0.05) is 24.4 Å². The Kier molecular flexibility index (Phi) is 4.28. The van der Waals surface area contributed by atoms with Gasteiger partial charge in [0.15, 0.2) is 0 Å². The van der Waals surface area contributed by atoms with Gasteiger partial charge in [-0.25, -0.2) is 0 Å². The Labute approximate surface area is 145 Å². The molecule has 4 saturated carbocycles. The van der Waals surface area contributed by atoms with Crippen LogP contribution in [0.3, 0.4) is 0 Å². The summed E-state index contributed by atoms with van der Waals surface area (Å²) in [7, 11) is 3.37. The molecule has 4 aliphatic rings. The highest BCUT2D eigenvalue weighted by molar-refractivity contribution is 5.83. The van der Waals surface area contributed by atoms with E-state index in [1.54, 1.807) is 14.2 Å². The third kappa shape index (κ3) is 3.05. The van der Waals surface area contributed by atoms with Crippen LogP contribution in [-0.2, 0) is 0 Å². The molecule has 0 saturated heterocycles. The minimum absolute atomic E-state index is 0.621. The van der Waals surface area contributed by atoms with Gasteiger partial charge >= 0.3 is 0 Å². The lowest BCUT2D eigenvalue weighted by molar-refractivity contribution is -0.0556. The first-order valence-corrected chi connectivity index (χ1v) is 9.41. The zero-order chi connectivity index (χ0) is 16.6. The van der Waals surface area contributed by atoms with E-state index in [-0.39, 0.29) is 0 Å². The van der Waals surface area contributed by atoms with Crippen molar-refractivity contribution in [1.82, 2.24) is 0 Å². The van der Waals surface area contributed by atoms with Crippen LogP contribution in [0.2, 0.25) is 0 Å². The van der Waals surface area contributed by atoms with E-state index >= 15 is 0 Å². The Balaban J connectivity index is 1.38. The molecule has 0 aromatic heterocycles. The topological polar surface area (TPSA) is 30.8 Å². The molecule has 1 aromatic carbocycles. The van der Waals surface area contributed by atoms with Crippen molar-refractivity contribution in [3.8, 4) is 11.5 Å². The number of rotatable bonds is 6. The number of hydrogen-bond donors (Lipinski definition) is 0. The highest BCUT2D eigenvalue weighted by Gasteiger charge is 2.50. The van der Waals surface area contributed by atoms with Crippen LogP contribution in [-0.4, -0.2) is 27.0 Å². The lowest BCUT2D eigenvalue weighted by atomic mass is 9.49. The van der Waals surface area contributed by atoms with Crippen molar-refractivity contribution in [1.29, 1.82) is 0 Å². The van der Waals surface area contributed by atoms with Crippen molar-refractivity contribution < 1.29 is 9.47 Å². The number of ether oxygens (including phenoxy) is 2. The Hall–Kier alpha value is -1.51. The molecule has 5 rings (SSSR count). The number of hydrogen-bond acceptors (Lipinski definition) is 3. The van der Waals surface area contributed by atoms with Gasteiger partial charge < -0.3 is 9.47 Å². The summed E-state index contributed by atoms with van der Waals surface area (Å²) in [4.78, 5) is 4.74. The Morgan fingerprint density at radius 2 is 1.71 bits per heavy atom. The molecule has 1 aromatic rings. The van der Waals surface area contributed by atoms with Crippen LogP contribution in [0.1, 0.15) is 50.5 Å². The van der Waals surface area contributed by atoms with Crippen LogP contribution in [0.25, 0.3) is 0 Å². The van der Waals surface area contributed by atoms with Crippen molar-refractivity contribution in [3.05, 3.63) is 23.8 Å². The summed E-state index contributed by atoms with van der Waals surface area (Å²) in [6.07, 6.45) is 12.2. The maximum Gasteiger partial charge on any atom is 0.131 e. The summed E-state index contributed by atoms with van der Waals surface area (Å²) < 4.78 is 10.7. The number of benzene rings is 1. The van der Waals surface area contributed by atoms with Gasteiger partial charge in [-0.15, -0.1) is 0 Å². The molecule has 0 radical (unpaired) electrons. The van der Waals surface area contributed by atoms with Gasteiger partial charge in [-0.05, 0) is 80.2 Å². The molecular weight excluding hydrogens is 298 g/mol. The monoisotopic (exact) mass is 327 g/mol. The largest absolute Gasteiger partial charge is 0.497 e. The van der Waals surface area contributed by atoms with E-state index in [9.17, 15) is 0 Å². The molecule has 0 aliphatic heterocycles. The second-order valence-electron chi connectivity index (χ2n) is 8.31. The molecule has 4 aliphatic carbocycles. The summed E-state index contributed by atoms with van der Waals surface area (Å²) in [6, 6.07) is 5.90. The minimum atomic E-state index is 0.621. The van der Waals surface area contributed by atoms with Crippen molar-refractivity contribution in [3.63, 3.8) is 0 Å². The van der Waals surface area contributed by atoms with E-state index in [4.69, 9.17) is 14.5 Å². The smallest absolute Gasteiger partial charge is 0.131 e. The van der Waals surface area contributed by atoms with E-state index in [2.05, 4.69) is 0 Å². The highest BCUT2D eigenvalue weighted by Crippen LogP contribution is 2.61. The summed E-state index contributed by atoms with van der Waals surface area (Å²) >= 11 is 0. The molecule has 3 nitrogen and oxygen atoms in total. The van der Waals surface area contributed by atoms with Crippen molar-refractivity contribution in [2.45, 2.75) is 44.9 Å². The van der Waals surface area contributed by atoms with Crippen molar-refractivity contribution >= 4 is 6.21 Å². The molecule has 0 atom stereocenters. The highest BCUT2D eigenvalue weighted by atomic mass is 16.5. The maximum absolute atomic E-state index is 5.45. The van der Waals surface area contributed by atoms with Crippen LogP contribution in [0.4, 0.5) is 0 Å². The first kappa shape index (κ1) is 16.0. The van der Waals surface area contributed by atoms with Crippen LogP contribution >= 0.6 is 0 Å². The van der Waals surface area contributed by atoms with Gasteiger partial charge in [0.25, 0.3) is 0 Å². The lowest BCUT2D eigenvalue weighted by Gasteiger charge is -2.57. The molecule has 0 heterocycles. The standard InChI is InChI=1S/C21H29NO2/c1-23-19-4-3-18(20(10-19)24-2)14-22-6-5-21-11-15-7-16(12-21)9-17(8-15)13-21/h3-4,10,14-17H,5-9,11-13H2,1-2H3. The fourth-order valence-corrected chi connectivity index (χ4v) is 5.99. The van der Waals surface area contributed by atoms with Crippen molar-refractivity contribution in [2.75, 3.05) is 20.8 Å². The van der Waals surface area contributed by atoms with E-state index in [1.807, 2.05) is 24.4 Å². The quantitative estimate of drug-likeness (QED) is 0.707. The normalized spacial score (nSPS) is 34.0. The third-order valence-electron chi connectivity index (χ3n) is 6.61. The fourth-order valence-electron chi connectivity index (χ4n) is 5.99. The summed E-state index contributed by atoms with van der Waals surface area (Å²) in [6.45, 7) is 0.946. The van der Waals surface area contributed by atoms with Gasteiger partial charge in [-0.2, -0.15) is 0 Å². The Morgan fingerprint density at radius 3 is 2.29 bits per heavy atom.